The highest BCUT2D eigenvalue weighted by molar-refractivity contribution is 5.75. The molecule has 0 atom stereocenters. The molecule has 4 rings (SSSR count). The van der Waals surface area contributed by atoms with Gasteiger partial charge >= 0.3 is 24.5 Å². The van der Waals surface area contributed by atoms with Crippen LogP contribution < -0.4 is 25.8 Å². The Balaban J connectivity index is 1.85. The third-order valence-corrected chi connectivity index (χ3v) is 7.78. The molecule has 0 saturated heterocycles. The summed E-state index contributed by atoms with van der Waals surface area (Å²) in [5.74, 6) is -0.0657. The molecule has 4 N–H and O–H groups in total. The number of anilines is 1. The van der Waals surface area contributed by atoms with Gasteiger partial charge in [0.15, 0.2) is 0 Å². The van der Waals surface area contributed by atoms with Crippen LogP contribution in [0.2, 0.25) is 0 Å². The van der Waals surface area contributed by atoms with Gasteiger partial charge in [0, 0.05) is 25.1 Å². The van der Waals surface area contributed by atoms with Gasteiger partial charge < -0.3 is 30.6 Å². The summed E-state index contributed by atoms with van der Waals surface area (Å²) in [7, 11) is 2.55. The maximum absolute atomic E-state index is 14.0. The predicted molar refractivity (Wildman–Crippen MR) is 172 cm³/mol. The molecule has 280 valence electrons. The van der Waals surface area contributed by atoms with Gasteiger partial charge in [0.25, 0.3) is 0 Å². The molecule has 0 saturated carbocycles. The van der Waals surface area contributed by atoms with Crippen LogP contribution in [0.25, 0.3) is 11.1 Å². The molecule has 8 nitrogen and oxygen atoms in total. The number of hydrogen-bond donors (Lipinski definition) is 2. The highest BCUT2D eigenvalue weighted by Crippen LogP contribution is 2.40. The second kappa shape index (κ2) is 16.1. The van der Waals surface area contributed by atoms with E-state index >= 15 is 0 Å². The Morgan fingerprint density at radius 3 is 1.96 bits per heavy atom. The van der Waals surface area contributed by atoms with Gasteiger partial charge in [-0.15, -0.1) is 0 Å². The minimum Gasteiger partial charge on any atom is -0.496 e. The molecule has 0 bridgehead atoms. The fourth-order valence-corrected chi connectivity index (χ4v) is 5.22. The van der Waals surface area contributed by atoms with E-state index in [1.807, 2.05) is 0 Å². The SMILES string of the molecule is COC(=O)CCCOc1ccc(N(Cc2cc(C(F)(F)F)cc(C(F)(F)F)c2)Cc2cc(C(F)(F)F)ccc2-c2cc(C(N)N)ccc2OC)nc1. The number of hydrogen-bond acceptors (Lipinski definition) is 8. The zero-order valence-corrected chi connectivity index (χ0v) is 27.6. The molecule has 4 aromatic rings. The largest absolute Gasteiger partial charge is 0.496 e. The molecule has 3 aromatic carbocycles. The van der Waals surface area contributed by atoms with E-state index in [4.69, 9.17) is 20.9 Å². The maximum Gasteiger partial charge on any atom is 0.416 e. The fraction of sp³-hybridized carbons (Fsp3) is 0.314. The number of carbonyl (C=O) groups is 1. The number of pyridine rings is 1. The van der Waals surface area contributed by atoms with Gasteiger partial charge in [0.05, 0.1) is 49.9 Å². The Hall–Kier alpha value is -5.03. The number of nitrogens with zero attached hydrogens (tertiary/aromatic N) is 2. The van der Waals surface area contributed by atoms with Crippen molar-refractivity contribution in [2.75, 3.05) is 25.7 Å². The van der Waals surface area contributed by atoms with Crippen LogP contribution in [-0.4, -0.2) is 31.8 Å². The van der Waals surface area contributed by atoms with E-state index in [1.54, 1.807) is 6.07 Å². The molecule has 0 radical (unpaired) electrons. The lowest BCUT2D eigenvalue weighted by molar-refractivity contribution is -0.143. The number of alkyl halides is 9. The first kappa shape index (κ1) is 39.8. The summed E-state index contributed by atoms with van der Waals surface area (Å²) >= 11 is 0. The number of rotatable bonds is 13. The minimum absolute atomic E-state index is 0.0231. The Kier molecular flexibility index (Phi) is 12.3. The van der Waals surface area contributed by atoms with E-state index in [1.165, 1.54) is 55.6 Å². The van der Waals surface area contributed by atoms with E-state index in [0.29, 0.717) is 17.7 Å². The van der Waals surface area contributed by atoms with Gasteiger partial charge in [-0.1, -0.05) is 12.1 Å². The number of carbonyl (C=O) groups excluding carboxylic acids is 1. The minimum atomic E-state index is -5.15. The van der Waals surface area contributed by atoms with Crippen molar-refractivity contribution in [3.8, 4) is 22.6 Å². The second-order valence-electron chi connectivity index (χ2n) is 11.5. The molecule has 0 aliphatic rings. The first-order valence-electron chi connectivity index (χ1n) is 15.4. The van der Waals surface area contributed by atoms with Gasteiger partial charge in [-0.3, -0.25) is 4.79 Å². The quantitative estimate of drug-likeness (QED) is 0.0609. The first-order valence-corrected chi connectivity index (χ1v) is 15.4. The van der Waals surface area contributed by atoms with Crippen LogP contribution in [0.3, 0.4) is 0 Å². The second-order valence-corrected chi connectivity index (χ2v) is 11.5. The van der Waals surface area contributed by atoms with Crippen LogP contribution >= 0.6 is 0 Å². The number of esters is 1. The first-order chi connectivity index (χ1) is 24.3. The molecule has 1 aromatic heterocycles. The van der Waals surface area contributed by atoms with Crippen molar-refractivity contribution in [3.05, 3.63) is 106 Å². The van der Waals surface area contributed by atoms with Gasteiger partial charge in [-0.2, -0.15) is 39.5 Å². The number of ether oxygens (including phenoxy) is 3. The summed E-state index contributed by atoms with van der Waals surface area (Å²) < 4.78 is 140. The van der Waals surface area contributed by atoms with Crippen LogP contribution in [0.1, 0.15) is 52.4 Å². The predicted octanol–water partition coefficient (Wildman–Crippen LogP) is 8.27. The molecular formula is C35H33F9N4O4. The van der Waals surface area contributed by atoms with Crippen molar-refractivity contribution in [1.82, 2.24) is 4.98 Å². The number of methoxy groups -OCH3 is 2. The number of aromatic nitrogens is 1. The van der Waals surface area contributed by atoms with Crippen LogP contribution in [-0.2, 0) is 41.1 Å². The average molecular weight is 745 g/mol. The van der Waals surface area contributed by atoms with Gasteiger partial charge in [-0.25, -0.2) is 4.98 Å². The third-order valence-electron chi connectivity index (χ3n) is 7.78. The Morgan fingerprint density at radius 2 is 1.42 bits per heavy atom. The van der Waals surface area contributed by atoms with Crippen molar-refractivity contribution in [3.63, 3.8) is 0 Å². The number of benzene rings is 3. The zero-order chi connectivity index (χ0) is 38.4. The topological polar surface area (TPSA) is 113 Å². The number of nitrogens with two attached hydrogens (primary N) is 2. The van der Waals surface area contributed by atoms with Crippen LogP contribution in [0.5, 0.6) is 11.5 Å². The monoisotopic (exact) mass is 744 g/mol. The summed E-state index contributed by atoms with van der Waals surface area (Å²) in [5.41, 5.74) is 7.85. The lowest BCUT2D eigenvalue weighted by Gasteiger charge is -2.27. The zero-order valence-electron chi connectivity index (χ0n) is 27.6. The maximum atomic E-state index is 14.0. The normalized spacial score (nSPS) is 12.2. The highest BCUT2D eigenvalue weighted by atomic mass is 19.4. The summed E-state index contributed by atoms with van der Waals surface area (Å²) in [6.45, 7) is -1.07. The Bertz CT molecular complexity index is 1810. The van der Waals surface area contributed by atoms with E-state index in [0.717, 1.165) is 12.1 Å². The lowest BCUT2D eigenvalue weighted by Crippen LogP contribution is -2.25. The highest BCUT2D eigenvalue weighted by Gasteiger charge is 2.37. The van der Waals surface area contributed by atoms with E-state index in [-0.39, 0.29) is 59.5 Å². The van der Waals surface area contributed by atoms with Crippen molar-refractivity contribution >= 4 is 11.8 Å². The van der Waals surface area contributed by atoms with Crippen molar-refractivity contribution in [2.45, 2.75) is 50.6 Å². The van der Waals surface area contributed by atoms with E-state index in [2.05, 4.69) is 9.72 Å². The van der Waals surface area contributed by atoms with Crippen LogP contribution in [0, 0.1) is 0 Å². The molecule has 1 heterocycles. The van der Waals surface area contributed by atoms with E-state index < -0.39 is 66.0 Å². The van der Waals surface area contributed by atoms with Crippen molar-refractivity contribution < 1.29 is 58.5 Å². The molecule has 52 heavy (non-hydrogen) atoms. The third kappa shape index (κ3) is 10.3. The fourth-order valence-electron chi connectivity index (χ4n) is 5.22. The van der Waals surface area contributed by atoms with Gasteiger partial charge in [0.2, 0.25) is 0 Å². The lowest BCUT2D eigenvalue weighted by atomic mass is 9.94. The molecule has 0 fully saturated rings. The van der Waals surface area contributed by atoms with Crippen molar-refractivity contribution in [1.29, 1.82) is 0 Å². The standard InChI is InChI=1S/C35H33F9N4O4/c1-50-29-9-5-21(32(45)46)15-28(29)27-8-6-23(33(36,37)38)14-22(27)19-48(30-10-7-26(17-47-30)52-11-3-4-31(49)51-2)18-20-12-24(34(39,40)41)16-25(13-20)35(42,43)44/h5-10,12-17,32H,3-4,11,18-19,45-46H2,1-2H3. The number of halogens is 9. The molecule has 0 amide bonds. The molecule has 17 heteroatoms. The molecule has 0 aliphatic heterocycles. The summed E-state index contributed by atoms with van der Waals surface area (Å²) in [6, 6.07) is 11.2. The molecule has 0 unspecified atom stereocenters. The molecular weight excluding hydrogens is 711 g/mol. The van der Waals surface area contributed by atoms with Crippen LogP contribution in [0.4, 0.5) is 45.3 Å². The summed E-state index contributed by atoms with van der Waals surface area (Å²) in [6.07, 6.45) is -14.5. The summed E-state index contributed by atoms with van der Waals surface area (Å²) in [5, 5.41) is 0. The summed E-state index contributed by atoms with van der Waals surface area (Å²) in [4.78, 5) is 16.9. The van der Waals surface area contributed by atoms with Gasteiger partial charge in [-0.05, 0) is 83.3 Å². The van der Waals surface area contributed by atoms with Gasteiger partial charge in [0.1, 0.15) is 17.3 Å². The smallest absolute Gasteiger partial charge is 0.416 e. The molecule has 0 spiro atoms. The van der Waals surface area contributed by atoms with Crippen molar-refractivity contribution in [2.24, 2.45) is 11.5 Å². The van der Waals surface area contributed by atoms with Crippen LogP contribution in [0.15, 0.2) is 72.9 Å². The van der Waals surface area contributed by atoms with E-state index in [9.17, 15) is 44.3 Å². The molecule has 0 aliphatic carbocycles. The average Bonchev–Trinajstić information content (AvgIpc) is 3.08. The Labute approximate surface area is 292 Å². The Morgan fingerprint density at radius 1 is 0.769 bits per heavy atom.